The average molecular weight is 390 g/mol. The summed E-state index contributed by atoms with van der Waals surface area (Å²) in [5.74, 6) is -1.76. The molecule has 1 aliphatic rings. The molecule has 28 heavy (non-hydrogen) atoms. The van der Waals surface area contributed by atoms with Gasteiger partial charge in [0.05, 0.1) is 29.8 Å². The van der Waals surface area contributed by atoms with E-state index < -0.39 is 17.5 Å². The molecule has 1 saturated heterocycles. The Labute approximate surface area is 165 Å². The number of carbonyl (C=O) groups is 1. The third-order valence-electron chi connectivity index (χ3n) is 4.50. The van der Waals surface area contributed by atoms with Crippen molar-refractivity contribution in [2.75, 3.05) is 18.4 Å². The molecule has 5 nitrogen and oxygen atoms in total. The number of hydrogen-bond donors (Lipinski definition) is 2. The smallest absolute Gasteiger partial charge is 0.256 e. The number of rotatable bonds is 5. The summed E-state index contributed by atoms with van der Waals surface area (Å²) in [6, 6.07) is 5.02. The highest BCUT2D eigenvalue weighted by atomic mass is 19.1. The van der Waals surface area contributed by atoms with Crippen molar-refractivity contribution in [2.45, 2.75) is 46.7 Å². The lowest BCUT2D eigenvalue weighted by Gasteiger charge is -2.42. The number of aryl methyl sites for hydroxylation is 1. The fourth-order valence-corrected chi connectivity index (χ4v) is 2.91. The molecule has 7 heteroatoms. The van der Waals surface area contributed by atoms with Gasteiger partial charge in [-0.25, -0.2) is 8.78 Å². The Balaban J connectivity index is 0.00000136. The summed E-state index contributed by atoms with van der Waals surface area (Å²) in [6.45, 7) is 11.4. The van der Waals surface area contributed by atoms with Crippen LogP contribution < -0.4 is 10.6 Å². The monoisotopic (exact) mass is 390 g/mol. The number of likely N-dealkylation sites (tertiary alicyclic amines) is 1. The van der Waals surface area contributed by atoms with Crippen LogP contribution in [0.5, 0.6) is 0 Å². The molecule has 0 saturated carbocycles. The van der Waals surface area contributed by atoms with Crippen LogP contribution in [0.1, 0.15) is 43.6 Å². The Kier molecular flexibility index (Phi) is 7.45. The molecule has 0 radical (unpaired) electrons. The fraction of sp³-hybridized carbons (Fsp3) is 0.429. The highest BCUT2D eigenvalue weighted by Gasteiger charge is 2.31. The molecule has 0 atom stereocenters. The first-order valence-corrected chi connectivity index (χ1v) is 9.56. The van der Waals surface area contributed by atoms with Crippen LogP contribution in [0.3, 0.4) is 0 Å². The topological polar surface area (TPSA) is 57.3 Å². The van der Waals surface area contributed by atoms with Crippen LogP contribution in [0.2, 0.25) is 0 Å². The van der Waals surface area contributed by atoms with Crippen molar-refractivity contribution >= 4 is 17.3 Å². The maximum absolute atomic E-state index is 14.3. The van der Waals surface area contributed by atoms with E-state index in [0.717, 1.165) is 24.8 Å². The summed E-state index contributed by atoms with van der Waals surface area (Å²) < 4.78 is 28.4. The van der Waals surface area contributed by atoms with E-state index in [9.17, 15) is 13.6 Å². The minimum Gasteiger partial charge on any atom is -0.351 e. The van der Waals surface area contributed by atoms with Crippen LogP contribution in [0.15, 0.2) is 30.6 Å². The van der Waals surface area contributed by atoms with Crippen LogP contribution in [-0.4, -0.2) is 41.0 Å². The summed E-state index contributed by atoms with van der Waals surface area (Å²) in [5.41, 5.74) is 0.892. The summed E-state index contributed by atoms with van der Waals surface area (Å²) in [4.78, 5) is 18.5. The van der Waals surface area contributed by atoms with Gasteiger partial charge in [-0.2, -0.15) is 0 Å². The summed E-state index contributed by atoms with van der Waals surface area (Å²) >= 11 is 0. The molecule has 152 valence electrons. The van der Waals surface area contributed by atoms with Crippen molar-refractivity contribution < 1.29 is 13.6 Å². The molecule has 3 rings (SSSR count). The minimum atomic E-state index is -0.750. The van der Waals surface area contributed by atoms with E-state index in [4.69, 9.17) is 0 Å². The fourth-order valence-electron chi connectivity index (χ4n) is 2.91. The molecule has 1 aromatic carbocycles. The highest BCUT2D eigenvalue weighted by Crippen LogP contribution is 2.25. The Morgan fingerprint density at radius 1 is 1.14 bits per heavy atom. The van der Waals surface area contributed by atoms with Crippen molar-refractivity contribution in [1.82, 2.24) is 15.2 Å². The number of nitrogens with zero attached hydrogens (tertiary/aromatic N) is 2. The van der Waals surface area contributed by atoms with Gasteiger partial charge < -0.3 is 10.6 Å². The first kappa shape index (κ1) is 21.8. The molecule has 1 amide bonds. The standard InChI is InChI=1S/C19H22F2N4O.C2H6/c1-11(2)25-9-13(10-25)23-19(26)18-15(21)7-22-8-17(18)24-16-5-4-12(3)6-14(16)20;1-2/h4-8,11,13,24H,9-10H2,1-3H3,(H,23,26);1-2H3. The lowest BCUT2D eigenvalue weighted by molar-refractivity contribution is 0.0711. The normalized spacial score (nSPS) is 14.1. The number of halogens is 2. The Bertz CT molecular complexity index is 820. The van der Waals surface area contributed by atoms with Gasteiger partial charge in [-0.15, -0.1) is 0 Å². The number of anilines is 2. The first-order chi connectivity index (χ1) is 13.3. The van der Waals surface area contributed by atoms with Gasteiger partial charge >= 0.3 is 0 Å². The van der Waals surface area contributed by atoms with E-state index in [1.807, 2.05) is 13.8 Å². The molecular formula is C21H28F2N4O. The van der Waals surface area contributed by atoms with Crippen molar-refractivity contribution in [2.24, 2.45) is 0 Å². The molecule has 0 spiro atoms. The minimum absolute atomic E-state index is 0.0265. The first-order valence-electron chi connectivity index (χ1n) is 9.56. The predicted octanol–water partition coefficient (Wildman–Crippen LogP) is 4.26. The van der Waals surface area contributed by atoms with E-state index in [2.05, 4.69) is 34.4 Å². The third kappa shape index (κ3) is 5.04. The highest BCUT2D eigenvalue weighted by molar-refractivity contribution is 6.00. The van der Waals surface area contributed by atoms with Crippen LogP contribution in [0, 0.1) is 18.6 Å². The number of aromatic nitrogens is 1. The van der Waals surface area contributed by atoms with Gasteiger partial charge in [-0.1, -0.05) is 19.9 Å². The maximum Gasteiger partial charge on any atom is 0.256 e. The molecule has 1 aromatic heterocycles. The number of hydrogen-bond acceptors (Lipinski definition) is 4. The quantitative estimate of drug-likeness (QED) is 0.801. The van der Waals surface area contributed by atoms with Gasteiger partial charge in [-0.3, -0.25) is 14.7 Å². The Morgan fingerprint density at radius 2 is 1.82 bits per heavy atom. The molecule has 1 fully saturated rings. The zero-order valence-corrected chi connectivity index (χ0v) is 17.0. The second kappa shape index (κ2) is 9.59. The molecule has 2 N–H and O–H groups in total. The molecule has 0 bridgehead atoms. The Hall–Kier alpha value is -2.54. The molecule has 2 heterocycles. The number of nitrogens with one attached hydrogen (secondary N) is 2. The van der Waals surface area contributed by atoms with Crippen molar-refractivity contribution in [3.63, 3.8) is 0 Å². The number of carbonyl (C=O) groups excluding carboxylic acids is 1. The number of benzene rings is 1. The van der Waals surface area contributed by atoms with Gasteiger partial charge in [0.1, 0.15) is 11.4 Å². The van der Waals surface area contributed by atoms with Gasteiger partial charge in [0, 0.05) is 19.1 Å². The zero-order valence-electron chi connectivity index (χ0n) is 17.0. The van der Waals surface area contributed by atoms with E-state index in [1.165, 1.54) is 12.3 Å². The van der Waals surface area contributed by atoms with Gasteiger partial charge in [0.15, 0.2) is 5.82 Å². The van der Waals surface area contributed by atoms with Crippen molar-refractivity contribution in [1.29, 1.82) is 0 Å². The van der Waals surface area contributed by atoms with Crippen molar-refractivity contribution in [3.05, 3.63) is 53.4 Å². The summed E-state index contributed by atoms with van der Waals surface area (Å²) in [6.07, 6.45) is 2.30. The van der Waals surface area contributed by atoms with Crippen LogP contribution in [0.25, 0.3) is 0 Å². The predicted molar refractivity (Wildman–Crippen MR) is 108 cm³/mol. The second-order valence-corrected chi connectivity index (χ2v) is 6.87. The largest absolute Gasteiger partial charge is 0.351 e. The van der Waals surface area contributed by atoms with Crippen LogP contribution in [0.4, 0.5) is 20.2 Å². The van der Waals surface area contributed by atoms with E-state index in [-0.39, 0.29) is 23.0 Å². The van der Waals surface area contributed by atoms with Gasteiger partial charge in [-0.05, 0) is 38.5 Å². The number of pyridine rings is 1. The lowest BCUT2D eigenvalue weighted by atomic mass is 10.1. The molecule has 2 aromatic rings. The van der Waals surface area contributed by atoms with Crippen LogP contribution >= 0.6 is 0 Å². The molecule has 0 aliphatic carbocycles. The zero-order chi connectivity index (χ0) is 20.8. The molecule has 0 unspecified atom stereocenters. The van der Waals surface area contributed by atoms with Gasteiger partial charge in [0.2, 0.25) is 0 Å². The molecule has 1 aliphatic heterocycles. The summed E-state index contributed by atoms with van der Waals surface area (Å²) in [7, 11) is 0. The maximum atomic E-state index is 14.3. The third-order valence-corrected chi connectivity index (χ3v) is 4.50. The Morgan fingerprint density at radius 3 is 2.43 bits per heavy atom. The van der Waals surface area contributed by atoms with E-state index in [1.54, 1.807) is 19.1 Å². The van der Waals surface area contributed by atoms with Gasteiger partial charge in [0.25, 0.3) is 5.91 Å². The summed E-state index contributed by atoms with van der Waals surface area (Å²) in [5, 5.41) is 5.60. The van der Waals surface area contributed by atoms with Crippen LogP contribution in [-0.2, 0) is 0 Å². The van der Waals surface area contributed by atoms with E-state index in [0.29, 0.717) is 6.04 Å². The average Bonchev–Trinajstić information content (AvgIpc) is 2.61. The second-order valence-electron chi connectivity index (χ2n) is 6.87. The van der Waals surface area contributed by atoms with E-state index >= 15 is 0 Å². The van der Waals surface area contributed by atoms with Crippen molar-refractivity contribution in [3.8, 4) is 0 Å². The SMILES string of the molecule is CC.Cc1ccc(Nc2cncc(F)c2C(=O)NC2CN(C(C)C)C2)c(F)c1. The lowest BCUT2D eigenvalue weighted by Crippen LogP contribution is -2.61. The molecular weight excluding hydrogens is 362 g/mol. The number of amides is 1.